The van der Waals surface area contributed by atoms with Crippen LogP contribution < -0.4 is 15.7 Å². The number of imidazole rings is 1. The van der Waals surface area contributed by atoms with Crippen molar-refractivity contribution in [2.45, 2.75) is 56.8 Å². The van der Waals surface area contributed by atoms with Gasteiger partial charge < -0.3 is 10.1 Å². The lowest BCUT2D eigenvalue weighted by molar-refractivity contribution is 0.246. The Morgan fingerprint density at radius 3 is 2.78 bits per heavy atom. The summed E-state index contributed by atoms with van der Waals surface area (Å²) in [5.41, 5.74) is 1.28. The van der Waals surface area contributed by atoms with Gasteiger partial charge in [0.2, 0.25) is 10.0 Å². The number of H-pyrrole nitrogens is 1. The van der Waals surface area contributed by atoms with Gasteiger partial charge in [-0.3, -0.25) is 4.98 Å². The van der Waals surface area contributed by atoms with Crippen molar-refractivity contribution in [1.29, 1.82) is 0 Å². The van der Waals surface area contributed by atoms with Gasteiger partial charge in [-0.15, -0.1) is 0 Å². The van der Waals surface area contributed by atoms with Crippen LogP contribution >= 0.6 is 0 Å². The van der Waals surface area contributed by atoms with Crippen LogP contribution in [0, 0.1) is 12.8 Å². The predicted octanol–water partition coefficient (Wildman–Crippen LogP) is 2.73. The molecular weight excluding hydrogens is 480 g/mol. The standard InChI is InChI=1S/C25H34N6O4S/c1-18-24-28-23(29-25(32)31(24)17-27-18)21-9-8-20(36(33,34)30-13-5-11-26-12-14-30)16-22(21)35-15-10-19-6-3-2-4-7-19/h8-9,16-17,19,26H,2-7,10-15H2,1H3,(H,28,29,32). The first-order chi connectivity index (χ1) is 17.4. The van der Waals surface area contributed by atoms with E-state index in [0.29, 0.717) is 60.6 Å². The molecule has 2 aliphatic rings. The first kappa shape index (κ1) is 24.9. The van der Waals surface area contributed by atoms with Gasteiger partial charge in [0.15, 0.2) is 5.65 Å². The predicted molar refractivity (Wildman–Crippen MR) is 137 cm³/mol. The number of sulfonamides is 1. The first-order valence-electron chi connectivity index (χ1n) is 12.9. The molecule has 2 fully saturated rings. The van der Waals surface area contributed by atoms with Gasteiger partial charge in [-0.2, -0.15) is 4.31 Å². The van der Waals surface area contributed by atoms with Gasteiger partial charge in [-0.1, -0.05) is 32.1 Å². The molecule has 0 bridgehead atoms. The smallest absolute Gasteiger partial charge is 0.334 e. The van der Waals surface area contributed by atoms with Gasteiger partial charge >= 0.3 is 5.69 Å². The van der Waals surface area contributed by atoms with Gasteiger partial charge in [0.05, 0.1) is 22.8 Å². The lowest BCUT2D eigenvalue weighted by Gasteiger charge is -2.22. The molecule has 1 aliphatic heterocycles. The van der Waals surface area contributed by atoms with E-state index in [2.05, 4.69) is 20.3 Å². The number of aromatic nitrogens is 4. The van der Waals surface area contributed by atoms with Crippen LogP contribution in [0.25, 0.3) is 17.0 Å². The van der Waals surface area contributed by atoms with Crippen LogP contribution in [0.3, 0.4) is 0 Å². The molecule has 2 N–H and O–H groups in total. The number of nitrogens with one attached hydrogen (secondary N) is 2. The Morgan fingerprint density at radius 2 is 1.94 bits per heavy atom. The van der Waals surface area contributed by atoms with Crippen LogP contribution in [-0.2, 0) is 10.0 Å². The number of aromatic amines is 1. The lowest BCUT2D eigenvalue weighted by Crippen LogP contribution is -2.34. The van der Waals surface area contributed by atoms with Gasteiger partial charge in [-0.05, 0) is 44.4 Å². The fourth-order valence-electron chi connectivity index (χ4n) is 5.14. The average Bonchev–Trinajstić information content (AvgIpc) is 3.07. The number of benzene rings is 1. The molecule has 0 atom stereocenters. The highest BCUT2D eigenvalue weighted by atomic mass is 32.2. The monoisotopic (exact) mass is 514 g/mol. The number of nitrogens with zero attached hydrogens (tertiary/aromatic N) is 4. The molecule has 2 aromatic heterocycles. The molecule has 1 aliphatic carbocycles. The van der Waals surface area contributed by atoms with E-state index in [0.717, 1.165) is 19.4 Å². The van der Waals surface area contributed by atoms with E-state index >= 15 is 0 Å². The van der Waals surface area contributed by atoms with E-state index in [-0.39, 0.29) is 10.6 Å². The van der Waals surface area contributed by atoms with Crippen molar-refractivity contribution in [3.63, 3.8) is 0 Å². The maximum atomic E-state index is 13.5. The molecule has 3 heterocycles. The van der Waals surface area contributed by atoms with Crippen LogP contribution in [0.1, 0.15) is 50.6 Å². The quantitative estimate of drug-likeness (QED) is 0.497. The van der Waals surface area contributed by atoms with Crippen molar-refractivity contribution < 1.29 is 13.2 Å². The third-order valence-electron chi connectivity index (χ3n) is 7.23. The number of rotatable bonds is 7. The summed E-state index contributed by atoms with van der Waals surface area (Å²) in [6.45, 7) is 4.59. The summed E-state index contributed by atoms with van der Waals surface area (Å²) in [4.78, 5) is 24.4. The minimum atomic E-state index is -3.69. The highest BCUT2D eigenvalue weighted by molar-refractivity contribution is 7.89. The maximum absolute atomic E-state index is 13.5. The molecule has 10 nitrogen and oxygen atoms in total. The normalized spacial score (nSPS) is 18.4. The second-order valence-corrected chi connectivity index (χ2v) is 11.7. The van der Waals surface area contributed by atoms with Crippen molar-refractivity contribution in [2.75, 3.05) is 32.8 Å². The highest BCUT2D eigenvalue weighted by Gasteiger charge is 2.27. The Labute approximate surface area is 211 Å². The third kappa shape index (κ3) is 5.18. The van der Waals surface area contributed by atoms with E-state index in [9.17, 15) is 13.2 Å². The fourth-order valence-corrected chi connectivity index (χ4v) is 6.63. The van der Waals surface area contributed by atoms with Crippen molar-refractivity contribution in [3.8, 4) is 17.1 Å². The van der Waals surface area contributed by atoms with E-state index in [1.165, 1.54) is 47.1 Å². The second-order valence-electron chi connectivity index (χ2n) is 9.72. The number of hydrogen-bond donors (Lipinski definition) is 2. The van der Waals surface area contributed by atoms with Crippen LogP contribution in [0.5, 0.6) is 5.75 Å². The molecule has 1 aromatic carbocycles. The molecule has 3 aromatic rings. The van der Waals surface area contributed by atoms with E-state index in [1.807, 2.05) is 0 Å². The molecule has 1 saturated heterocycles. The SMILES string of the molecule is Cc1ncn2c(=O)[nH]c(-c3ccc(S(=O)(=O)N4CCCNCC4)cc3OCCC3CCCCC3)nc12. The summed E-state index contributed by atoms with van der Waals surface area (Å²) in [6.07, 6.45) is 9.33. The Balaban J connectivity index is 1.50. The zero-order valence-electron chi connectivity index (χ0n) is 20.7. The van der Waals surface area contributed by atoms with Gasteiger partial charge in [0.25, 0.3) is 0 Å². The Kier molecular flexibility index (Phi) is 7.40. The van der Waals surface area contributed by atoms with Crippen molar-refractivity contribution in [1.82, 2.24) is 29.0 Å². The molecular formula is C25H34N6O4S. The Bertz CT molecular complexity index is 1370. The van der Waals surface area contributed by atoms with E-state index < -0.39 is 10.0 Å². The van der Waals surface area contributed by atoms with Gasteiger partial charge in [-0.25, -0.2) is 27.6 Å². The number of fused-ring (bicyclic) bond motifs is 1. The van der Waals surface area contributed by atoms with Crippen LogP contribution in [-0.4, -0.2) is 64.9 Å². The van der Waals surface area contributed by atoms with Crippen molar-refractivity contribution >= 4 is 15.7 Å². The lowest BCUT2D eigenvalue weighted by atomic mass is 9.87. The Hall–Kier alpha value is -2.76. The van der Waals surface area contributed by atoms with E-state index in [1.54, 1.807) is 25.1 Å². The summed E-state index contributed by atoms with van der Waals surface area (Å²) in [5.74, 6) is 1.36. The topological polar surface area (TPSA) is 122 Å². The maximum Gasteiger partial charge on any atom is 0.334 e. The molecule has 0 amide bonds. The van der Waals surface area contributed by atoms with Crippen LogP contribution in [0.15, 0.2) is 34.2 Å². The molecule has 36 heavy (non-hydrogen) atoms. The highest BCUT2D eigenvalue weighted by Crippen LogP contribution is 2.33. The summed E-state index contributed by atoms with van der Waals surface area (Å²) >= 11 is 0. The summed E-state index contributed by atoms with van der Waals surface area (Å²) in [6, 6.07) is 4.83. The van der Waals surface area contributed by atoms with Gasteiger partial charge in [0.1, 0.15) is 17.9 Å². The largest absolute Gasteiger partial charge is 0.493 e. The van der Waals surface area contributed by atoms with Crippen molar-refractivity contribution in [2.24, 2.45) is 5.92 Å². The summed E-state index contributed by atoms with van der Waals surface area (Å²) in [5, 5.41) is 3.24. The molecule has 0 spiro atoms. The third-order valence-corrected chi connectivity index (χ3v) is 9.13. The first-order valence-corrected chi connectivity index (χ1v) is 14.3. The molecule has 5 rings (SSSR count). The second kappa shape index (κ2) is 10.7. The number of ether oxygens (including phenoxy) is 1. The minimum Gasteiger partial charge on any atom is -0.493 e. The van der Waals surface area contributed by atoms with Crippen molar-refractivity contribution in [3.05, 3.63) is 40.7 Å². The molecule has 0 radical (unpaired) electrons. The molecule has 0 unspecified atom stereocenters. The zero-order chi connectivity index (χ0) is 25.1. The summed E-state index contributed by atoms with van der Waals surface area (Å²) in [7, 11) is -3.69. The Morgan fingerprint density at radius 1 is 1.11 bits per heavy atom. The van der Waals surface area contributed by atoms with Gasteiger partial charge in [0, 0.05) is 25.7 Å². The average molecular weight is 515 g/mol. The zero-order valence-corrected chi connectivity index (χ0v) is 21.5. The fraction of sp³-hybridized carbons (Fsp3) is 0.560. The molecule has 1 saturated carbocycles. The van der Waals surface area contributed by atoms with E-state index in [4.69, 9.17) is 4.74 Å². The number of hydrogen-bond acceptors (Lipinski definition) is 7. The summed E-state index contributed by atoms with van der Waals surface area (Å²) < 4.78 is 36.0. The molecule has 11 heteroatoms. The minimum absolute atomic E-state index is 0.185. The van der Waals surface area contributed by atoms with Crippen LogP contribution in [0.4, 0.5) is 0 Å². The number of aryl methyl sites for hydroxylation is 1. The molecule has 194 valence electrons. The van der Waals surface area contributed by atoms with Crippen LogP contribution in [0.2, 0.25) is 0 Å².